The average molecular weight is 477 g/mol. The third-order valence-electron chi connectivity index (χ3n) is 4.91. The minimum atomic E-state index is -1.13. The monoisotopic (exact) mass is 476 g/mol. The van der Waals surface area contributed by atoms with E-state index in [1.165, 1.54) is 5.01 Å². The molecular formula is C26H21ClN2O5. The summed E-state index contributed by atoms with van der Waals surface area (Å²) in [5.74, 6) is -1.00. The van der Waals surface area contributed by atoms with Crippen molar-refractivity contribution >= 4 is 41.0 Å². The van der Waals surface area contributed by atoms with E-state index in [0.717, 1.165) is 5.56 Å². The number of ether oxygens (including phenoxy) is 2. The number of aliphatic carboxylic acids is 1. The van der Waals surface area contributed by atoms with Crippen LogP contribution in [0.1, 0.15) is 18.1 Å². The highest BCUT2D eigenvalue weighted by atomic mass is 35.5. The number of rotatable bonds is 8. The van der Waals surface area contributed by atoms with E-state index in [2.05, 4.69) is 5.10 Å². The lowest BCUT2D eigenvalue weighted by Crippen LogP contribution is -2.21. The van der Waals surface area contributed by atoms with Crippen molar-refractivity contribution < 1.29 is 24.2 Å². The quantitative estimate of drug-likeness (QED) is 0.460. The number of anilines is 1. The molecule has 3 aromatic rings. The number of carboxylic acid groups (broad SMARTS) is 1. The molecule has 0 aliphatic carbocycles. The third-order valence-corrected chi connectivity index (χ3v) is 5.19. The average Bonchev–Trinajstić information content (AvgIpc) is 3.15. The van der Waals surface area contributed by atoms with E-state index in [4.69, 9.17) is 26.2 Å². The van der Waals surface area contributed by atoms with E-state index in [9.17, 15) is 9.59 Å². The van der Waals surface area contributed by atoms with Crippen LogP contribution in [0, 0.1) is 0 Å². The van der Waals surface area contributed by atoms with Gasteiger partial charge in [-0.3, -0.25) is 4.79 Å². The van der Waals surface area contributed by atoms with Crippen molar-refractivity contribution in [3.63, 3.8) is 0 Å². The van der Waals surface area contributed by atoms with Gasteiger partial charge in [0.15, 0.2) is 18.1 Å². The first kappa shape index (κ1) is 23.1. The predicted octanol–water partition coefficient (Wildman–Crippen LogP) is 5.04. The Morgan fingerprint density at radius 3 is 2.38 bits per heavy atom. The van der Waals surface area contributed by atoms with Gasteiger partial charge in [0.1, 0.15) is 5.71 Å². The summed E-state index contributed by atoms with van der Waals surface area (Å²) in [6.07, 6.45) is 1.69. The van der Waals surface area contributed by atoms with E-state index in [1.54, 1.807) is 25.1 Å². The molecule has 0 bridgehead atoms. The summed E-state index contributed by atoms with van der Waals surface area (Å²) in [6, 6.07) is 21.8. The van der Waals surface area contributed by atoms with Crippen LogP contribution in [0.4, 0.5) is 5.69 Å². The molecule has 3 aromatic carbocycles. The summed E-state index contributed by atoms with van der Waals surface area (Å²) in [4.78, 5) is 24.4. The second-order valence-electron chi connectivity index (χ2n) is 7.27. The fourth-order valence-corrected chi connectivity index (χ4v) is 3.75. The fourth-order valence-electron chi connectivity index (χ4n) is 3.47. The summed E-state index contributed by atoms with van der Waals surface area (Å²) >= 11 is 6.40. The molecule has 0 atom stereocenters. The number of carbonyl (C=O) groups is 2. The number of hydrogen-bond acceptors (Lipinski definition) is 5. The molecule has 0 aromatic heterocycles. The molecule has 0 radical (unpaired) electrons. The maximum atomic E-state index is 13.4. The minimum Gasteiger partial charge on any atom is -0.490 e. The standard InChI is InChI=1S/C26H21ClN2O5/c1-2-33-22-15-17(14-21(27)25(22)34-16-23(30)31)13-20-24(18-9-5-3-6-10-18)28-29(26(20)32)19-11-7-4-8-12-19/h3-15H,2,16H2,1H3,(H,30,31)/b20-13-. The van der Waals surface area contributed by atoms with Crippen molar-refractivity contribution in [3.05, 3.63) is 94.5 Å². The van der Waals surface area contributed by atoms with Crippen molar-refractivity contribution in [2.24, 2.45) is 5.10 Å². The maximum Gasteiger partial charge on any atom is 0.341 e. The first-order chi connectivity index (χ1) is 16.5. The number of amides is 1. The number of carboxylic acids is 1. The third kappa shape index (κ3) is 4.94. The molecule has 0 unspecified atom stereocenters. The number of benzene rings is 3. The van der Waals surface area contributed by atoms with Crippen LogP contribution in [0.3, 0.4) is 0 Å². The van der Waals surface area contributed by atoms with Gasteiger partial charge in [-0.25, -0.2) is 4.79 Å². The van der Waals surface area contributed by atoms with E-state index in [-0.39, 0.29) is 22.4 Å². The highest BCUT2D eigenvalue weighted by Crippen LogP contribution is 2.38. The van der Waals surface area contributed by atoms with Crippen molar-refractivity contribution in [1.29, 1.82) is 0 Å². The Hall–Kier alpha value is -4.10. The van der Waals surface area contributed by atoms with Gasteiger partial charge in [0.05, 0.1) is 22.9 Å². The molecule has 0 saturated carbocycles. The number of nitrogens with zero attached hydrogens (tertiary/aromatic N) is 2. The molecule has 4 rings (SSSR count). The van der Waals surface area contributed by atoms with Crippen LogP contribution in [0.25, 0.3) is 6.08 Å². The first-order valence-electron chi connectivity index (χ1n) is 10.5. The van der Waals surface area contributed by atoms with Gasteiger partial charge in [-0.1, -0.05) is 60.1 Å². The van der Waals surface area contributed by atoms with E-state index in [1.807, 2.05) is 60.7 Å². The maximum absolute atomic E-state index is 13.4. The predicted molar refractivity (Wildman–Crippen MR) is 131 cm³/mol. The summed E-state index contributed by atoms with van der Waals surface area (Å²) < 4.78 is 10.9. The lowest BCUT2D eigenvalue weighted by molar-refractivity contribution is -0.139. The Kier molecular flexibility index (Phi) is 6.94. The van der Waals surface area contributed by atoms with Gasteiger partial charge in [0.2, 0.25) is 0 Å². The molecule has 0 saturated heterocycles. The lowest BCUT2D eigenvalue weighted by atomic mass is 10.00. The van der Waals surface area contributed by atoms with Gasteiger partial charge in [0, 0.05) is 5.56 Å². The number of carbonyl (C=O) groups excluding carboxylic acids is 1. The molecule has 1 heterocycles. The Morgan fingerprint density at radius 1 is 1.06 bits per heavy atom. The molecule has 34 heavy (non-hydrogen) atoms. The lowest BCUT2D eigenvalue weighted by Gasteiger charge is -2.14. The topological polar surface area (TPSA) is 88.4 Å². The van der Waals surface area contributed by atoms with Crippen LogP contribution < -0.4 is 14.5 Å². The van der Waals surface area contributed by atoms with Crippen molar-refractivity contribution in [3.8, 4) is 11.5 Å². The molecule has 7 nitrogen and oxygen atoms in total. The van der Waals surface area contributed by atoms with Crippen LogP contribution in [0.5, 0.6) is 11.5 Å². The van der Waals surface area contributed by atoms with E-state index in [0.29, 0.717) is 29.1 Å². The van der Waals surface area contributed by atoms with E-state index < -0.39 is 12.6 Å². The number of hydrogen-bond donors (Lipinski definition) is 1. The Bertz CT molecular complexity index is 1270. The zero-order chi connectivity index (χ0) is 24.1. The molecule has 0 fully saturated rings. The summed E-state index contributed by atoms with van der Waals surface area (Å²) in [7, 11) is 0. The van der Waals surface area contributed by atoms with Gasteiger partial charge < -0.3 is 14.6 Å². The van der Waals surface area contributed by atoms with Crippen LogP contribution in [0.2, 0.25) is 5.02 Å². The Balaban J connectivity index is 1.79. The second-order valence-corrected chi connectivity index (χ2v) is 7.68. The Labute approximate surface area is 201 Å². The number of halogens is 1. The Morgan fingerprint density at radius 2 is 1.74 bits per heavy atom. The highest BCUT2D eigenvalue weighted by Gasteiger charge is 2.32. The molecule has 8 heteroatoms. The zero-order valence-corrected chi connectivity index (χ0v) is 19.0. The first-order valence-corrected chi connectivity index (χ1v) is 10.9. The van der Waals surface area contributed by atoms with Crippen molar-refractivity contribution in [2.75, 3.05) is 18.2 Å². The summed E-state index contributed by atoms with van der Waals surface area (Å²) in [6.45, 7) is 1.55. The molecular weight excluding hydrogens is 456 g/mol. The molecule has 1 aliphatic heterocycles. The van der Waals surface area contributed by atoms with Gasteiger partial charge in [-0.15, -0.1) is 0 Å². The van der Waals surface area contributed by atoms with Gasteiger partial charge in [-0.2, -0.15) is 10.1 Å². The largest absolute Gasteiger partial charge is 0.490 e. The number of hydrazone groups is 1. The smallest absolute Gasteiger partial charge is 0.341 e. The zero-order valence-electron chi connectivity index (χ0n) is 18.3. The molecule has 1 N–H and O–H groups in total. The fraction of sp³-hybridized carbons (Fsp3) is 0.115. The van der Waals surface area contributed by atoms with Gasteiger partial charge >= 0.3 is 5.97 Å². The SMILES string of the molecule is CCOc1cc(/C=C2\C(=O)N(c3ccccc3)N=C2c2ccccc2)cc(Cl)c1OCC(=O)O. The molecule has 1 aliphatic rings. The molecule has 0 spiro atoms. The van der Waals surface area contributed by atoms with Crippen molar-refractivity contribution in [1.82, 2.24) is 0 Å². The summed E-state index contributed by atoms with van der Waals surface area (Å²) in [5.41, 5.74) is 2.92. The van der Waals surface area contributed by atoms with Gasteiger partial charge in [0.25, 0.3) is 5.91 Å². The van der Waals surface area contributed by atoms with E-state index >= 15 is 0 Å². The second kappa shape index (κ2) is 10.2. The van der Waals surface area contributed by atoms with Crippen LogP contribution in [-0.4, -0.2) is 35.9 Å². The van der Waals surface area contributed by atoms with Crippen LogP contribution in [0.15, 0.2) is 83.5 Å². The van der Waals surface area contributed by atoms with Crippen LogP contribution in [-0.2, 0) is 9.59 Å². The molecule has 1 amide bonds. The number of para-hydroxylation sites is 1. The van der Waals surface area contributed by atoms with Gasteiger partial charge in [-0.05, 0) is 42.8 Å². The minimum absolute atomic E-state index is 0.133. The normalized spacial score (nSPS) is 14.3. The van der Waals surface area contributed by atoms with Crippen molar-refractivity contribution in [2.45, 2.75) is 6.92 Å². The molecule has 172 valence electrons. The van der Waals surface area contributed by atoms with Crippen LogP contribution >= 0.6 is 11.6 Å². The highest BCUT2D eigenvalue weighted by molar-refractivity contribution is 6.37. The summed E-state index contributed by atoms with van der Waals surface area (Å²) in [5, 5.41) is 15.1.